The molecule has 0 bridgehead atoms. The van der Waals surface area contributed by atoms with Crippen LogP contribution >= 0.6 is 11.6 Å². The van der Waals surface area contributed by atoms with Gasteiger partial charge in [0.1, 0.15) is 24.7 Å². The molecule has 1 amide bonds. The number of alkyl carbamates (subject to hydrolysis) is 1. The number of nitro benzene ring substituents is 2. The summed E-state index contributed by atoms with van der Waals surface area (Å²) in [6.45, 7) is 1.85. The molecule has 21 heteroatoms. The van der Waals surface area contributed by atoms with Crippen LogP contribution < -0.4 is 14.8 Å². The van der Waals surface area contributed by atoms with E-state index in [2.05, 4.69) is 24.3 Å². The number of hydrogen-bond donors (Lipinski definition) is 3. The fourth-order valence-corrected chi connectivity index (χ4v) is 4.45. The van der Waals surface area contributed by atoms with Crippen molar-refractivity contribution in [2.45, 2.75) is 38.5 Å². The maximum Gasteiger partial charge on any atom is 0.513 e. The van der Waals surface area contributed by atoms with E-state index in [-0.39, 0.29) is 61.1 Å². The number of nitro groups is 2. The molecular formula is C33H46ClN3O17. The van der Waals surface area contributed by atoms with Crippen LogP contribution in [0.25, 0.3) is 0 Å². The number of aliphatic hydroxyl groups is 1. The van der Waals surface area contributed by atoms with E-state index in [0.717, 1.165) is 32.1 Å². The van der Waals surface area contributed by atoms with E-state index >= 15 is 0 Å². The normalized spacial score (nSPS) is 12.3. The zero-order chi connectivity index (χ0) is 40.8. The summed E-state index contributed by atoms with van der Waals surface area (Å²) >= 11 is 4.92. The van der Waals surface area contributed by atoms with E-state index in [1.165, 1.54) is 62.8 Å². The molecule has 0 atom stereocenters. The number of carboxylic acid groups (broad SMARTS) is 1. The minimum absolute atomic E-state index is 0.0747. The highest BCUT2D eigenvalue weighted by Gasteiger charge is 2.34. The SMILES string of the molecule is COCCO.COCCOC(=O)NCC1(CC(=O)O)CCCCC1.COCCOC(=O)Oc1ccc([N+](=O)[O-])cc1.O=C(Cl)Oc1ccc([N+](=O)[O-])cc1. The number of aliphatic hydroxyl groups excluding tert-OH is 1. The van der Waals surface area contributed by atoms with Gasteiger partial charge in [0, 0.05) is 63.7 Å². The molecule has 20 nitrogen and oxygen atoms in total. The van der Waals surface area contributed by atoms with Crippen molar-refractivity contribution in [3.63, 3.8) is 0 Å². The van der Waals surface area contributed by atoms with Gasteiger partial charge in [-0.3, -0.25) is 25.0 Å². The molecule has 54 heavy (non-hydrogen) atoms. The molecule has 0 heterocycles. The summed E-state index contributed by atoms with van der Waals surface area (Å²) in [6.07, 6.45) is 3.59. The molecule has 0 aliphatic heterocycles. The summed E-state index contributed by atoms with van der Waals surface area (Å²) in [7, 11) is 4.56. The average Bonchev–Trinajstić information content (AvgIpc) is 3.12. The lowest BCUT2D eigenvalue weighted by atomic mass is 9.72. The first-order valence-corrected chi connectivity index (χ1v) is 16.5. The second-order valence-corrected chi connectivity index (χ2v) is 11.2. The topological polar surface area (TPSA) is 272 Å². The minimum Gasteiger partial charge on any atom is -0.481 e. The van der Waals surface area contributed by atoms with Crippen LogP contribution in [0.1, 0.15) is 38.5 Å². The lowest BCUT2D eigenvalue weighted by molar-refractivity contribution is -0.385. The van der Waals surface area contributed by atoms with Gasteiger partial charge in [-0.05, 0) is 42.5 Å². The van der Waals surface area contributed by atoms with Crippen LogP contribution in [0.3, 0.4) is 0 Å². The Kier molecular flexibility index (Phi) is 26.5. The number of carbonyl (C=O) groups excluding carboxylic acids is 3. The molecule has 1 saturated carbocycles. The minimum atomic E-state index is -0.978. The number of ether oxygens (including phenoxy) is 7. The van der Waals surface area contributed by atoms with E-state index in [1.807, 2.05) is 0 Å². The number of carboxylic acids is 1. The summed E-state index contributed by atoms with van der Waals surface area (Å²) < 4.78 is 32.6. The van der Waals surface area contributed by atoms with Gasteiger partial charge in [0.15, 0.2) is 0 Å². The number of benzene rings is 2. The number of rotatable bonds is 16. The largest absolute Gasteiger partial charge is 0.513 e. The average molecular weight is 792 g/mol. The predicted octanol–water partition coefficient (Wildman–Crippen LogP) is 5.50. The third-order valence-electron chi connectivity index (χ3n) is 6.87. The number of hydrogen-bond acceptors (Lipinski definition) is 16. The van der Waals surface area contributed by atoms with Crippen LogP contribution in [0.2, 0.25) is 0 Å². The third kappa shape index (κ3) is 24.2. The van der Waals surface area contributed by atoms with Gasteiger partial charge in [0.2, 0.25) is 0 Å². The lowest BCUT2D eigenvalue weighted by Crippen LogP contribution is -2.40. The van der Waals surface area contributed by atoms with E-state index in [9.17, 15) is 39.4 Å². The van der Waals surface area contributed by atoms with E-state index < -0.39 is 33.5 Å². The first-order valence-electron chi connectivity index (χ1n) is 16.1. The molecule has 1 aliphatic rings. The molecule has 0 spiro atoms. The summed E-state index contributed by atoms with van der Waals surface area (Å²) in [6, 6.07) is 10.1. The van der Waals surface area contributed by atoms with Gasteiger partial charge in [-0.2, -0.15) is 0 Å². The van der Waals surface area contributed by atoms with Crippen molar-refractivity contribution in [1.29, 1.82) is 0 Å². The van der Waals surface area contributed by atoms with E-state index in [1.54, 1.807) is 7.11 Å². The lowest BCUT2D eigenvalue weighted by Gasteiger charge is -2.36. The number of amides is 1. The van der Waals surface area contributed by atoms with Crippen LogP contribution in [-0.4, -0.2) is 111 Å². The van der Waals surface area contributed by atoms with Crippen molar-refractivity contribution < 1.29 is 72.4 Å². The third-order valence-corrected chi connectivity index (χ3v) is 6.94. The molecule has 0 saturated heterocycles. The highest BCUT2D eigenvalue weighted by atomic mass is 35.5. The van der Waals surface area contributed by atoms with Crippen molar-refractivity contribution in [2.24, 2.45) is 5.41 Å². The summed E-state index contributed by atoms with van der Waals surface area (Å²) in [4.78, 5) is 63.2. The van der Waals surface area contributed by atoms with Crippen LogP contribution in [-0.2, 0) is 28.5 Å². The van der Waals surface area contributed by atoms with Crippen molar-refractivity contribution in [3.05, 3.63) is 68.8 Å². The van der Waals surface area contributed by atoms with Crippen molar-refractivity contribution in [1.82, 2.24) is 5.32 Å². The smallest absolute Gasteiger partial charge is 0.481 e. The molecule has 1 fully saturated rings. The highest BCUT2D eigenvalue weighted by molar-refractivity contribution is 6.61. The molecule has 3 N–H and O–H groups in total. The molecular weight excluding hydrogens is 746 g/mol. The van der Waals surface area contributed by atoms with Gasteiger partial charge >= 0.3 is 23.6 Å². The number of halogens is 1. The number of carbonyl (C=O) groups is 4. The van der Waals surface area contributed by atoms with Gasteiger partial charge in [-0.1, -0.05) is 19.3 Å². The number of nitrogens with one attached hydrogen (secondary N) is 1. The molecule has 3 rings (SSSR count). The Balaban J connectivity index is 0.000000743. The molecule has 0 radical (unpaired) electrons. The Morgan fingerprint density at radius 3 is 1.59 bits per heavy atom. The second-order valence-electron chi connectivity index (χ2n) is 10.9. The van der Waals surface area contributed by atoms with Crippen LogP contribution in [0.15, 0.2) is 48.5 Å². The number of methoxy groups -OCH3 is 3. The second kappa shape index (κ2) is 29.3. The van der Waals surface area contributed by atoms with Gasteiger partial charge < -0.3 is 48.7 Å². The van der Waals surface area contributed by atoms with Crippen molar-refractivity contribution >= 4 is 46.6 Å². The van der Waals surface area contributed by atoms with Crippen LogP contribution in [0, 0.1) is 25.6 Å². The van der Waals surface area contributed by atoms with E-state index in [0.29, 0.717) is 19.8 Å². The summed E-state index contributed by atoms with van der Waals surface area (Å²) in [5.41, 5.74) is -1.45. The highest BCUT2D eigenvalue weighted by Crippen LogP contribution is 2.38. The Morgan fingerprint density at radius 1 is 0.741 bits per heavy atom. The molecule has 2 aromatic carbocycles. The quantitative estimate of drug-likeness (QED) is 0.0473. The van der Waals surface area contributed by atoms with Gasteiger partial charge in [-0.25, -0.2) is 14.4 Å². The zero-order valence-corrected chi connectivity index (χ0v) is 30.9. The standard InChI is InChI=1S/C13H23NO5.C10H11NO6.C7H4ClNO4.C3H8O2/c1-18-7-8-19-12(17)14-10-13(9-11(15)16)5-3-2-4-6-13;1-15-6-7-16-10(12)17-9-4-2-8(3-5-9)11(13)14;8-7(10)13-6-3-1-5(2-4-6)9(11)12;1-5-3-2-4/h2-10H2,1H3,(H,14,17)(H,15,16);2-5H,6-7H2,1H3;1-4H;4H,2-3H2,1H3. The molecule has 1 aliphatic carbocycles. The predicted molar refractivity (Wildman–Crippen MR) is 190 cm³/mol. The zero-order valence-electron chi connectivity index (χ0n) is 30.1. The first kappa shape index (κ1) is 48.9. The monoisotopic (exact) mass is 791 g/mol. The maximum atomic E-state index is 11.5. The van der Waals surface area contributed by atoms with Crippen LogP contribution in [0.4, 0.5) is 25.8 Å². The van der Waals surface area contributed by atoms with Gasteiger partial charge in [0.05, 0.1) is 42.7 Å². The van der Waals surface area contributed by atoms with Gasteiger partial charge in [0.25, 0.3) is 11.4 Å². The fraction of sp³-hybridized carbons (Fsp3) is 0.515. The molecule has 302 valence electrons. The molecule has 2 aromatic rings. The number of aliphatic carboxylic acids is 1. The number of non-ortho nitro benzene ring substituents is 2. The van der Waals surface area contributed by atoms with Gasteiger partial charge in [-0.15, -0.1) is 0 Å². The van der Waals surface area contributed by atoms with Crippen LogP contribution in [0.5, 0.6) is 11.5 Å². The van der Waals surface area contributed by atoms with Crippen molar-refractivity contribution in [3.8, 4) is 11.5 Å². The summed E-state index contributed by atoms with van der Waals surface area (Å²) in [5, 5.41) is 40.2. The maximum absolute atomic E-state index is 11.5. The van der Waals surface area contributed by atoms with E-state index in [4.69, 9.17) is 36.0 Å². The number of nitrogens with zero attached hydrogens (tertiary/aromatic N) is 2. The van der Waals surface area contributed by atoms with Crippen molar-refractivity contribution in [2.75, 3.05) is 67.5 Å². The first-order chi connectivity index (χ1) is 25.7. The Labute approximate surface area is 315 Å². The summed E-state index contributed by atoms with van der Waals surface area (Å²) in [5.74, 6) is -0.458. The Morgan fingerprint density at radius 2 is 1.20 bits per heavy atom. The Bertz CT molecular complexity index is 1400. The fourth-order valence-electron chi connectivity index (χ4n) is 4.36. The molecule has 0 unspecified atom stereocenters. The Hall–Kier alpha value is -5.15. The molecule has 0 aromatic heterocycles.